The molecule has 1 heterocycles. The number of anilines is 2. The zero-order valence-corrected chi connectivity index (χ0v) is 21.3. The van der Waals surface area contributed by atoms with Crippen LogP contribution in [0.2, 0.25) is 5.02 Å². The summed E-state index contributed by atoms with van der Waals surface area (Å²) >= 11 is 15.2. The zero-order chi connectivity index (χ0) is 23.4. The van der Waals surface area contributed by atoms with Gasteiger partial charge in [-0.1, -0.05) is 57.9 Å². The molecular formula is C25H22BrClN4OS. The molecule has 0 aliphatic rings. The van der Waals surface area contributed by atoms with Gasteiger partial charge in [-0.3, -0.25) is 4.68 Å². The largest absolute Gasteiger partial charge is 0.457 e. The smallest absolute Gasteiger partial charge is 0.175 e. The van der Waals surface area contributed by atoms with E-state index in [2.05, 4.69) is 32.6 Å². The number of hydrogen-bond acceptors (Lipinski definition) is 3. The number of aromatic nitrogens is 2. The molecule has 1 aromatic heterocycles. The average Bonchev–Trinajstić information content (AvgIpc) is 3.04. The third-order valence-corrected chi connectivity index (χ3v) is 6.02. The van der Waals surface area contributed by atoms with Crippen molar-refractivity contribution in [3.63, 3.8) is 0 Å². The van der Waals surface area contributed by atoms with Crippen molar-refractivity contribution in [2.24, 2.45) is 0 Å². The Morgan fingerprint density at radius 2 is 1.76 bits per heavy atom. The van der Waals surface area contributed by atoms with Crippen LogP contribution in [0, 0.1) is 13.8 Å². The van der Waals surface area contributed by atoms with Crippen molar-refractivity contribution < 1.29 is 4.74 Å². The highest BCUT2D eigenvalue weighted by Gasteiger charge is 2.14. The maximum atomic E-state index is 6.29. The molecule has 0 aliphatic heterocycles. The van der Waals surface area contributed by atoms with Gasteiger partial charge in [0, 0.05) is 4.47 Å². The van der Waals surface area contributed by atoms with Crippen LogP contribution in [0.1, 0.15) is 17.0 Å². The predicted molar refractivity (Wildman–Crippen MR) is 143 cm³/mol. The first-order chi connectivity index (χ1) is 15.9. The molecule has 0 radical (unpaired) electrons. The molecule has 4 aromatic rings. The van der Waals surface area contributed by atoms with Gasteiger partial charge in [-0.15, -0.1) is 0 Å². The van der Waals surface area contributed by atoms with Crippen molar-refractivity contribution in [3.8, 4) is 11.5 Å². The summed E-state index contributed by atoms with van der Waals surface area (Å²) in [5, 5.41) is 12.1. The number of nitrogens with zero attached hydrogens (tertiary/aromatic N) is 2. The first-order valence-corrected chi connectivity index (χ1v) is 11.9. The summed E-state index contributed by atoms with van der Waals surface area (Å²) in [5.41, 5.74) is 4.53. The maximum Gasteiger partial charge on any atom is 0.175 e. The fourth-order valence-electron chi connectivity index (χ4n) is 3.39. The lowest BCUT2D eigenvalue weighted by atomic mass is 10.2. The fourth-order valence-corrected chi connectivity index (χ4v) is 4.33. The van der Waals surface area contributed by atoms with E-state index in [0.29, 0.717) is 16.7 Å². The van der Waals surface area contributed by atoms with Gasteiger partial charge >= 0.3 is 0 Å². The summed E-state index contributed by atoms with van der Waals surface area (Å²) in [6.07, 6.45) is 0. The van der Waals surface area contributed by atoms with E-state index in [1.54, 1.807) is 0 Å². The van der Waals surface area contributed by atoms with Crippen LogP contribution in [0.15, 0.2) is 77.3 Å². The average molecular weight is 542 g/mol. The number of benzene rings is 3. The molecule has 0 amide bonds. The van der Waals surface area contributed by atoms with E-state index >= 15 is 0 Å². The summed E-state index contributed by atoms with van der Waals surface area (Å²) in [4.78, 5) is 0. The Morgan fingerprint density at radius 3 is 2.52 bits per heavy atom. The van der Waals surface area contributed by atoms with Gasteiger partial charge in [0.15, 0.2) is 5.11 Å². The van der Waals surface area contributed by atoms with Crippen LogP contribution in [0.4, 0.5) is 11.4 Å². The highest BCUT2D eigenvalue weighted by atomic mass is 79.9. The minimum absolute atomic E-state index is 0.447. The molecule has 0 atom stereocenters. The highest BCUT2D eigenvalue weighted by Crippen LogP contribution is 2.27. The van der Waals surface area contributed by atoms with Crippen LogP contribution in [0.5, 0.6) is 11.5 Å². The minimum atomic E-state index is 0.447. The fraction of sp³-hybridized carbons (Fsp3) is 0.120. The van der Waals surface area contributed by atoms with Crippen LogP contribution >= 0.6 is 39.7 Å². The van der Waals surface area contributed by atoms with Crippen molar-refractivity contribution in [3.05, 3.63) is 99.2 Å². The second kappa shape index (κ2) is 10.4. The molecule has 0 aliphatic carbocycles. The molecule has 33 heavy (non-hydrogen) atoms. The first-order valence-electron chi connectivity index (χ1n) is 10.3. The first kappa shape index (κ1) is 23.3. The number of nitrogens with one attached hydrogen (secondary N) is 2. The summed E-state index contributed by atoms with van der Waals surface area (Å²) in [6, 6.07) is 23.3. The summed E-state index contributed by atoms with van der Waals surface area (Å²) in [7, 11) is 0. The standard InChI is InChI=1S/C25H22BrClN4OS/c1-16-24(29-25(33)28-23-12-11-19(26)14-22(23)27)17(2)31(30-16)15-18-7-6-10-21(13-18)32-20-8-4-3-5-9-20/h3-14H,15H2,1-2H3,(H2,28,29,33). The highest BCUT2D eigenvalue weighted by molar-refractivity contribution is 9.10. The lowest BCUT2D eigenvalue weighted by Crippen LogP contribution is -2.20. The van der Waals surface area contributed by atoms with Gasteiger partial charge in [0.1, 0.15) is 11.5 Å². The van der Waals surface area contributed by atoms with Crippen molar-refractivity contribution in [2.75, 3.05) is 10.6 Å². The molecule has 2 N–H and O–H groups in total. The number of ether oxygens (including phenoxy) is 1. The van der Waals surface area contributed by atoms with Gasteiger partial charge in [-0.2, -0.15) is 5.10 Å². The Hall–Kier alpha value is -2.87. The molecule has 0 spiro atoms. The topological polar surface area (TPSA) is 51.1 Å². The molecule has 4 rings (SSSR count). The summed E-state index contributed by atoms with van der Waals surface area (Å²) < 4.78 is 8.82. The molecule has 0 unspecified atom stereocenters. The molecule has 0 bridgehead atoms. The van der Waals surface area contributed by atoms with Gasteiger partial charge in [-0.05, 0) is 74.1 Å². The van der Waals surface area contributed by atoms with E-state index in [1.165, 1.54) is 0 Å². The molecule has 0 saturated heterocycles. The second-order valence-corrected chi connectivity index (χ2v) is 9.20. The predicted octanol–water partition coefficient (Wildman–Crippen LogP) is 7.57. The third-order valence-electron chi connectivity index (χ3n) is 5.01. The number of rotatable bonds is 6. The number of aryl methyl sites for hydroxylation is 1. The SMILES string of the molecule is Cc1nn(Cc2cccc(Oc3ccccc3)c2)c(C)c1NC(=S)Nc1ccc(Br)cc1Cl. The molecule has 5 nitrogen and oxygen atoms in total. The number of halogens is 2. The quantitative estimate of drug-likeness (QED) is 0.247. The molecule has 8 heteroatoms. The lowest BCUT2D eigenvalue weighted by molar-refractivity contribution is 0.481. The molecule has 168 valence electrons. The van der Waals surface area contributed by atoms with Crippen LogP contribution < -0.4 is 15.4 Å². The van der Waals surface area contributed by atoms with Crippen LogP contribution in [-0.4, -0.2) is 14.9 Å². The van der Waals surface area contributed by atoms with Crippen LogP contribution in [0.25, 0.3) is 0 Å². The van der Waals surface area contributed by atoms with Crippen molar-refractivity contribution >= 4 is 56.2 Å². The maximum absolute atomic E-state index is 6.29. The summed E-state index contributed by atoms with van der Waals surface area (Å²) in [5.74, 6) is 1.59. The minimum Gasteiger partial charge on any atom is -0.457 e. The second-order valence-electron chi connectivity index (χ2n) is 7.47. The Labute approximate surface area is 211 Å². The molecule has 0 fully saturated rings. The Kier molecular flexibility index (Phi) is 7.33. The van der Waals surface area contributed by atoms with E-state index < -0.39 is 0 Å². The number of hydrogen-bond donors (Lipinski definition) is 2. The van der Waals surface area contributed by atoms with Crippen molar-refractivity contribution in [1.29, 1.82) is 0 Å². The molecular weight excluding hydrogens is 520 g/mol. The molecule has 0 saturated carbocycles. The Morgan fingerprint density at radius 1 is 1.00 bits per heavy atom. The van der Waals surface area contributed by atoms with E-state index in [-0.39, 0.29) is 0 Å². The number of para-hydroxylation sites is 1. The normalized spacial score (nSPS) is 10.7. The van der Waals surface area contributed by atoms with E-state index in [0.717, 1.165) is 44.3 Å². The zero-order valence-electron chi connectivity index (χ0n) is 18.1. The summed E-state index contributed by atoms with van der Waals surface area (Å²) in [6.45, 7) is 4.58. The number of thiocarbonyl (C=S) groups is 1. The van der Waals surface area contributed by atoms with Gasteiger partial charge < -0.3 is 15.4 Å². The van der Waals surface area contributed by atoms with E-state index in [1.807, 2.05) is 85.3 Å². The van der Waals surface area contributed by atoms with Crippen LogP contribution in [-0.2, 0) is 6.54 Å². The monoisotopic (exact) mass is 540 g/mol. The van der Waals surface area contributed by atoms with E-state index in [4.69, 9.17) is 33.7 Å². The van der Waals surface area contributed by atoms with E-state index in [9.17, 15) is 0 Å². The van der Waals surface area contributed by atoms with Crippen molar-refractivity contribution in [2.45, 2.75) is 20.4 Å². The molecule has 3 aromatic carbocycles. The van der Waals surface area contributed by atoms with Crippen LogP contribution in [0.3, 0.4) is 0 Å². The Bertz CT molecular complexity index is 1290. The van der Waals surface area contributed by atoms with Gasteiger partial charge in [0.05, 0.1) is 34.3 Å². The lowest BCUT2D eigenvalue weighted by Gasteiger charge is -2.13. The van der Waals surface area contributed by atoms with Gasteiger partial charge in [-0.25, -0.2) is 0 Å². The van der Waals surface area contributed by atoms with Crippen molar-refractivity contribution in [1.82, 2.24) is 9.78 Å². The third kappa shape index (κ3) is 5.93. The Balaban J connectivity index is 1.46. The van der Waals surface area contributed by atoms with Gasteiger partial charge in [0.2, 0.25) is 0 Å². The van der Waals surface area contributed by atoms with Gasteiger partial charge in [0.25, 0.3) is 0 Å².